The fourth-order valence-corrected chi connectivity index (χ4v) is 4.50. The molecule has 1 aromatic carbocycles. The maximum atomic E-state index is 12.7. The van der Waals surface area contributed by atoms with E-state index in [9.17, 15) is 9.59 Å². The summed E-state index contributed by atoms with van der Waals surface area (Å²) in [6.07, 6.45) is 1.67. The van der Waals surface area contributed by atoms with Crippen molar-refractivity contribution in [3.63, 3.8) is 0 Å². The third-order valence-corrected chi connectivity index (χ3v) is 6.64. The van der Waals surface area contributed by atoms with Gasteiger partial charge in [0.1, 0.15) is 0 Å². The molecule has 7 heteroatoms. The largest absolute Gasteiger partial charge is 0.335 e. The van der Waals surface area contributed by atoms with Gasteiger partial charge in [-0.25, -0.2) is 4.98 Å². The van der Waals surface area contributed by atoms with Crippen LogP contribution < -0.4 is 0 Å². The number of amides is 2. The van der Waals surface area contributed by atoms with Crippen LogP contribution in [0.4, 0.5) is 0 Å². The molecule has 154 valence electrons. The van der Waals surface area contributed by atoms with Gasteiger partial charge in [0.25, 0.3) is 11.8 Å². The molecule has 0 aliphatic carbocycles. The van der Waals surface area contributed by atoms with E-state index in [0.29, 0.717) is 11.0 Å². The van der Waals surface area contributed by atoms with Crippen LogP contribution in [0.15, 0.2) is 35.8 Å². The minimum Gasteiger partial charge on any atom is -0.335 e. The van der Waals surface area contributed by atoms with Crippen LogP contribution in [0.25, 0.3) is 0 Å². The van der Waals surface area contributed by atoms with Gasteiger partial charge in [0.2, 0.25) is 0 Å². The van der Waals surface area contributed by atoms with Crippen molar-refractivity contribution in [1.82, 2.24) is 19.7 Å². The summed E-state index contributed by atoms with van der Waals surface area (Å²) in [4.78, 5) is 35.5. The summed E-state index contributed by atoms with van der Waals surface area (Å²) in [6, 6.07) is 8.40. The minimum atomic E-state index is 0.0313. The van der Waals surface area contributed by atoms with E-state index in [2.05, 4.69) is 42.8 Å². The lowest BCUT2D eigenvalue weighted by atomic mass is 9.86. The number of benzene rings is 1. The molecule has 2 aliphatic rings. The topological polar surface area (TPSA) is 56.8 Å². The van der Waals surface area contributed by atoms with Gasteiger partial charge in [-0.2, -0.15) is 0 Å². The van der Waals surface area contributed by atoms with Crippen LogP contribution in [-0.4, -0.2) is 76.8 Å². The molecule has 0 bridgehead atoms. The molecule has 2 aliphatic heterocycles. The van der Waals surface area contributed by atoms with Gasteiger partial charge in [0, 0.05) is 62.5 Å². The number of rotatable bonds is 3. The maximum absolute atomic E-state index is 12.7. The first-order valence-electron chi connectivity index (χ1n) is 10.2. The number of likely N-dealkylation sites (tertiary alicyclic amines) is 1. The van der Waals surface area contributed by atoms with Crippen molar-refractivity contribution in [2.75, 3.05) is 39.3 Å². The van der Waals surface area contributed by atoms with Gasteiger partial charge in [-0.3, -0.25) is 14.5 Å². The summed E-state index contributed by atoms with van der Waals surface area (Å²) in [5.41, 5.74) is 2.09. The van der Waals surface area contributed by atoms with Crippen LogP contribution in [0, 0.1) is 0 Å². The Morgan fingerprint density at radius 2 is 1.62 bits per heavy atom. The zero-order valence-electron chi connectivity index (χ0n) is 17.3. The fourth-order valence-electron chi connectivity index (χ4n) is 3.90. The smallest absolute Gasteiger partial charge is 0.282 e. The number of hydrogen-bond donors (Lipinski definition) is 0. The van der Waals surface area contributed by atoms with Crippen LogP contribution >= 0.6 is 11.3 Å². The van der Waals surface area contributed by atoms with Crippen molar-refractivity contribution in [2.24, 2.45) is 0 Å². The predicted octanol–water partition coefficient (Wildman–Crippen LogP) is 2.72. The van der Waals surface area contributed by atoms with Crippen molar-refractivity contribution < 1.29 is 9.59 Å². The van der Waals surface area contributed by atoms with E-state index >= 15 is 0 Å². The normalized spacial score (nSPS) is 18.6. The third kappa shape index (κ3) is 4.21. The first kappa shape index (κ1) is 20.0. The van der Waals surface area contributed by atoms with Gasteiger partial charge in [-0.05, 0) is 23.1 Å². The van der Waals surface area contributed by atoms with Crippen molar-refractivity contribution in [3.8, 4) is 0 Å². The van der Waals surface area contributed by atoms with Crippen molar-refractivity contribution in [1.29, 1.82) is 0 Å². The van der Waals surface area contributed by atoms with E-state index in [-0.39, 0.29) is 17.2 Å². The molecule has 3 heterocycles. The fraction of sp³-hybridized carbons (Fsp3) is 0.500. The molecule has 0 atom stereocenters. The molecule has 0 N–H and O–H groups in total. The first-order valence-corrected chi connectivity index (χ1v) is 11.0. The monoisotopic (exact) mass is 412 g/mol. The maximum Gasteiger partial charge on any atom is 0.282 e. The molecule has 2 fully saturated rings. The Morgan fingerprint density at radius 1 is 0.966 bits per heavy atom. The number of piperazine rings is 1. The Bertz CT molecular complexity index is 859. The quantitative estimate of drug-likeness (QED) is 0.778. The predicted molar refractivity (Wildman–Crippen MR) is 114 cm³/mol. The molecule has 0 unspecified atom stereocenters. The number of carbonyl (C=O) groups is 2. The Morgan fingerprint density at radius 3 is 2.17 bits per heavy atom. The highest BCUT2D eigenvalue weighted by atomic mass is 32.1. The summed E-state index contributed by atoms with van der Waals surface area (Å²) in [5, 5.41) is 2.40. The van der Waals surface area contributed by atoms with Crippen LogP contribution in [0.3, 0.4) is 0 Å². The van der Waals surface area contributed by atoms with Crippen LogP contribution in [0.2, 0.25) is 0 Å². The van der Waals surface area contributed by atoms with Gasteiger partial charge < -0.3 is 9.80 Å². The van der Waals surface area contributed by atoms with Crippen molar-refractivity contribution in [3.05, 3.63) is 52.0 Å². The standard InChI is InChI=1S/C22H28N4O2S/c1-22(2,3)17-6-4-16(5-7-17)20(27)26-14-18(15-26)24-9-11-25(12-10-24)21(28)19-23-8-13-29-19/h4-8,13,18H,9-12,14-15H2,1-3H3. The highest BCUT2D eigenvalue weighted by molar-refractivity contribution is 7.11. The molecule has 0 saturated carbocycles. The molecule has 2 saturated heterocycles. The summed E-state index contributed by atoms with van der Waals surface area (Å²) in [7, 11) is 0. The number of carbonyl (C=O) groups excluding carboxylic acids is 2. The van der Waals surface area contributed by atoms with Gasteiger partial charge in [-0.15, -0.1) is 11.3 Å². The molecular formula is C22H28N4O2S. The van der Waals surface area contributed by atoms with Gasteiger partial charge >= 0.3 is 0 Å². The van der Waals surface area contributed by atoms with Gasteiger partial charge in [0.05, 0.1) is 0 Å². The van der Waals surface area contributed by atoms with Crippen molar-refractivity contribution >= 4 is 23.2 Å². The Balaban J connectivity index is 1.26. The SMILES string of the molecule is CC(C)(C)c1ccc(C(=O)N2CC(N3CCN(C(=O)c4nccs4)CC3)C2)cc1. The lowest BCUT2D eigenvalue weighted by molar-refractivity contribution is 0.00853. The molecule has 0 spiro atoms. The number of hydrogen-bond acceptors (Lipinski definition) is 5. The second-order valence-corrected chi connectivity index (χ2v) is 9.75. The van der Waals surface area contributed by atoms with E-state index in [1.807, 2.05) is 27.3 Å². The summed E-state index contributed by atoms with van der Waals surface area (Å²) >= 11 is 1.39. The number of aromatic nitrogens is 1. The average Bonchev–Trinajstić information content (AvgIpc) is 3.21. The zero-order chi connectivity index (χ0) is 20.6. The Labute approximate surface area is 176 Å². The van der Waals surface area contributed by atoms with E-state index in [1.165, 1.54) is 16.9 Å². The molecular weight excluding hydrogens is 384 g/mol. The Hall–Kier alpha value is -2.25. The third-order valence-electron chi connectivity index (χ3n) is 5.88. The van der Waals surface area contributed by atoms with Crippen molar-refractivity contribution in [2.45, 2.75) is 32.2 Å². The highest BCUT2D eigenvalue weighted by Gasteiger charge is 2.37. The molecule has 0 radical (unpaired) electrons. The number of nitrogens with zero attached hydrogens (tertiary/aromatic N) is 4. The molecule has 2 aromatic rings. The summed E-state index contributed by atoms with van der Waals surface area (Å²) in [6.45, 7) is 11.2. The molecule has 2 amide bonds. The molecule has 1 aromatic heterocycles. The van der Waals surface area contributed by atoms with Crippen LogP contribution in [0.1, 0.15) is 46.5 Å². The van der Waals surface area contributed by atoms with Crippen LogP contribution in [0.5, 0.6) is 0 Å². The Kier molecular flexibility index (Phi) is 5.44. The lowest BCUT2D eigenvalue weighted by Gasteiger charge is -2.48. The molecule has 6 nitrogen and oxygen atoms in total. The first-order chi connectivity index (χ1) is 13.8. The van der Waals surface area contributed by atoms with E-state index < -0.39 is 0 Å². The van der Waals surface area contributed by atoms with E-state index in [0.717, 1.165) is 44.8 Å². The molecule has 29 heavy (non-hydrogen) atoms. The second-order valence-electron chi connectivity index (χ2n) is 8.86. The zero-order valence-corrected chi connectivity index (χ0v) is 18.1. The van der Waals surface area contributed by atoms with Crippen LogP contribution in [-0.2, 0) is 5.41 Å². The summed E-state index contributed by atoms with van der Waals surface area (Å²) in [5.74, 6) is 0.142. The lowest BCUT2D eigenvalue weighted by Crippen LogP contribution is -2.64. The molecule has 4 rings (SSSR count). The van der Waals surface area contributed by atoms with E-state index in [4.69, 9.17) is 0 Å². The summed E-state index contributed by atoms with van der Waals surface area (Å²) < 4.78 is 0. The van der Waals surface area contributed by atoms with Gasteiger partial charge in [0.15, 0.2) is 5.01 Å². The van der Waals surface area contributed by atoms with Gasteiger partial charge in [-0.1, -0.05) is 32.9 Å². The highest BCUT2D eigenvalue weighted by Crippen LogP contribution is 2.24. The average molecular weight is 413 g/mol. The van der Waals surface area contributed by atoms with E-state index in [1.54, 1.807) is 6.20 Å². The number of thiazole rings is 1. The minimum absolute atomic E-state index is 0.0313. The second kappa shape index (κ2) is 7.88.